The largest absolute Gasteiger partial charge is 0.399 e. The molecule has 2 heterocycles. The highest BCUT2D eigenvalue weighted by atomic mass is 16.2. The number of nitrogen functional groups attached to an aromatic ring is 1. The van der Waals surface area contributed by atoms with Crippen molar-refractivity contribution in [1.82, 2.24) is 14.7 Å². The van der Waals surface area contributed by atoms with E-state index in [2.05, 4.69) is 18.9 Å². The monoisotopic (exact) mass is 284 g/mol. The second-order valence-corrected chi connectivity index (χ2v) is 5.90. The van der Waals surface area contributed by atoms with E-state index in [0.29, 0.717) is 23.2 Å². The van der Waals surface area contributed by atoms with Crippen molar-refractivity contribution in [3.05, 3.63) is 42.2 Å². The summed E-state index contributed by atoms with van der Waals surface area (Å²) >= 11 is 0. The van der Waals surface area contributed by atoms with Crippen LogP contribution in [0, 0.1) is 11.8 Å². The molecule has 21 heavy (non-hydrogen) atoms. The maximum atomic E-state index is 12.5. The average Bonchev–Trinajstić information content (AvgIpc) is 3.07. The Morgan fingerprint density at radius 2 is 1.76 bits per heavy atom. The first-order chi connectivity index (χ1) is 10.0. The van der Waals surface area contributed by atoms with Crippen LogP contribution in [0.2, 0.25) is 0 Å². The molecule has 110 valence electrons. The summed E-state index contributed by atoms with van der Waals surface area (Å²) < 4.78 is 1.70. The summed E-state index contributed by atoms with van der Waals surface area (Å²) in [5.41, 5.74) is 7.78. The van der Waals surface area contributed by atoms with Gasteiger partial charge in [0.15, 0.2) is 5.69 Å². The molecule has 1 aliphatic heterocycles. The Kier molecular flexibility index (Phi) is 3.41. The molecule has 0 spiro atoms. The van der Waals surface area contributed by atoms with Gasteiger partial charge < -0.3 is 10.6 Å². The van der Waals surface area contributed by atoms with Gasteiger partial charge in [-0.2, -0.15) is 5.10 Å². The Hall–Kier alpha value is -2.30. The average molecular weight is 284 g/mol. The molecule has 0 aliphatic carbocycles. The summed E-state index contributed by atoms with van der Waals surface area (Å²) in [5.74, 6) is 1.11. The van der Waals surface area contributed by atoms with Gasteiger partial charge in [-0.3, -0.25) is 4.79 Å². The number of carbonyl (C=O) groups excluding carboxylic acids is 1. The number of benzene rings is 1. The van der Waals surface area contributed by atoms with Crippen molar-refractivity contribution < 1.29 is 4.79 Å². The Labute approximate surface area is 124 Å². The third-order valence-corrected chi connectivity index (χ3v) is 4.24. The Balaban J connectivity index is 1.79. The second kappa shape index (κ2) is 5.24. The van der Waals surface area contributed by atoms with Crippen LogP contribution in [0.4, 0.5) is 5.69 Å². The fraction of sp³-hybridized carbons (Fsp3) is 0.375. The number of aromatic nitrogens is 2. The summed E-state index contributed by atoms with van der Waals surface area (Å²) in [6.07, 6.45) is 1.81. The fourth-order valence-electron chi connectivity index (χ4n) is 2.67. The molecule has 1 aromatic heterocycles. The standard InChI is InChI=1S/C16H20N4O/c1-11-9-19(10-12(11)2)16(21)15-7-8-20(18-15)14-5-3-13(17)4-6-14/h3-8,11-12H,9-10,17H2,1-2H3. The molecule has 2 unspecified atom stereocenters. The zero-order valence-corrected chi connectivity index (χ0v) is 12.4. The van der Waals surface area contributed by atoms with Crippen molar-refractivity contribution in [2.24, 2.45) is 11.8 Å². The molecule has 1 amide bonds. The highest BCUT2D eigenvalue weighted by Crippen LogP contribution is 2.23. The van der Waals surface area contributed by atoms with Crippen LogP contribution >= 0.6 is 0 Å². The minimum Gasteiger partial charge on any atom is -0.399 e. The molecular formula is C16H20N4O. The van der Waals surface area contributed by atoms with Gasteiger partial charge in [0.1, 0.15) is 0 Å². The van der Waals surface area contributed by atoms with Crippen LogP contribution in [0.25, 0.3) is 5.69 Å². The van der Waals surface area contributed by atoms with E-state index >= 15 is 0 Å². The third kappa shape index (κ3) is 2.63. The van der Waals surface area contributed by atoms with Crippen molar-refractivity contribution in [2.45, 2.75) is 13.8 Å². The zero-order valence-electron chi connectivity index (χ0n) is 12.4. The molecule has 0 saturated carbocycles. The van der Waals surface area contributed by atoms with Gasteiger partial charge in [0.25, 0.3) is 5.91 Å². The van der Waals surface area contributed by atoms with Crippen molar-refractivity contribution in [1.29, 1.82) is 0 Å². The number of amides is 1. The van der Waals surface area contributed by atoms with E-state index in [-0.39, 0.29) is 5.91 Å². The zero-order chi connectivity index (χ0) is 15.0. The summed E-state index contributed by atoms with van der Waals surface area (Å²) in [5, 5.41) is 4.39. The van der Waals surface area contributed by atoms with Gasteiger partial charge in [-0.1, -0.05) is 13.8 Å². The smallest absolute Gasteiger partial charge is 0.274 e. The molecular weight excluding hydrogens is 264 g/mol. The van der Waals surface area contributed by atoms with Gasteiger partial charge >= 0.3 is 0 Å². The first-order valence-electron chi connectivity index (χ1n) is 7.25. The Bertz CT molecular complexity index is 637. The molecule has 0 bridgehead atoms. The number of nitrogens with two attached hydrogens (primary N) is 1. The summed E-state index contributed by atoms with van der Waals surface area (Å²) in [6.45, 7) is 6.00. The number of likely N-dealkylation sites (tertiary alicyclic amines) is 1. The van der Waals surface area contributed by atoms with Gasteiger partial charge in [-0.25, -0.2) is 4.68 Å². The molecule has 2 N–H and O–H groups in total. The minimum atomic E-state index is 0.0143. The lowest BCUT2D eigenvalue weighted by atomic mass is 10.0. The molecule has 2 atom stereocenters. The summed E-state index contributed by atoms with van der Waals surface area (Å²) in [4.78, 5) is 14.4. The number of carbonyl (C=O) groups is 1. The first-order valence-corrected chi connectivity index (χ1v) is 7.25. The number of hydrogen-bond donors (Lipinski definition) is 1. The highest BCUT2D eigenvalue weighted by Gasteiger charge is 2.30. The second-order valence-electron chi connectivity index (χ2n) is 5.90. The molecule has 1 fully saturated rings. The first kappa shape index (κ1) is 13.7. The van der Waals surface area contributed by atoms with Crippen LogP contribution in [0.1, 0.15) is 24.3 Å². The lowest BCUT2D eigenvalue weighted by Gasteiger charge is -2.14. The van der Waals surface area contributed by atoms with Gasteiger partial charge in [-0.05, 0) is 42.2 Å². The third-order valence-electron chi connectivity index (χ3n) is 4.24. The van der Waals surface area contributed by atoms with E-state index in [9.17, 15) is 4.79 Å². The van der Waals surface area contributed by atoms with E-state index in [1.165, 1.54) is 0 Å². The molecule has 5 nitrogen and oxygen atoms in total. The van der Waals surface area contributed by atoms with E-state index in [4.69, 9.17) is 5.73 Å². The lowest BCUT2D eigenvalue weighted by Crippen LogP contribution is -2.29. The predicted molar refractivity (Wildman–Crippen MR) is 82.2 cm³/mol. The van der Waals surface area contributed by atoms with E-state index in [1.54, 1.807) is 10.7 Å². The summed E-state index contributed by atoms with van der Waals surface area (Å²) in [7, 11) is 0. The van der Waals surface area contributed by atoms with E-state index < -0.39 is 0 Å². The molecule has 0 radical (unpaired) electrons. The molecule has 1 aromatic carbocycles. The van der Waals surface area contributed by atoms with Crippen molar-refractivity contribution in [3.8, 4) is 5.69 Å². The predicted octanol–water partition coefficient (Wildman–Crippen LogP) is 2.18. The highest BCUT2D eigenvalue weighted by molar-refractivity contribution is 5.92. The van der Waals surface area contributed by atoms with Crippen LogP contribution in [0.5, 0.6) is 0 Å². The van der Waals surface area contributed by atoms with Crippen LogP contribution in [0.15, 0.2) is 36.5 Å². The maximum absolute atomic E-state index is 12.5. The van der Waals surface area contributed by atoms with Gasteiger partial charge in [0.2, 0.25) is 0 Å². The number of anilines is 1. The SMILES string of the molecule is CC1CN(C(=O)c2ccn(-c3ccc(N)cc3)n2)CC1C. The number of hydrogen-bond acceptors (Lipinski definition) is 3. The Morgan fingerprint density at radius 3 is 2.38 bits per heavy atom. The van der Waals surface area contributed by atoms with Crippen molar-refractivity contribution in [2.75, 3.05) is 18.8 Å². The van der Waals surface area contributed by atoms with Gasteiger partial charge in [0, 0.05) is 25.0 Å². The number of rotatable bonds is 2. The van der Waals surface area contributed by atoms with Crippen LogP contribution < -0.4 is 5.73 Å². The van der Waals surface area contributed by atoms with Gasteiger partial charge in [-0.15, -0.1) is 0 Å². The molecule has 3 rings (SSSR count). The molecule has 1 saturated heterocycles. The maximum Gasteiger partial charge on any atom is 0.274 e. The number of nitrogens with zero attached hydrogens (tertiary/aromatic N) is 3. The quantitative estimate of drug-likeness (QED) is 0.860. The van der Waals surface area contributed by atoms with Crippen LogP contribution in [0.3, 0.4) is 0 Å². The Morgan fingerprint density at radius 1 is 1.14 bits per heavy atom. The molecule has 1 aliphatic rings. The molecule has 5 heteroatoms. The van der Waals surface area contributed by atoms with Crippen LogP contribution in [-0.2, 0) is 0 Å². The minimum absolute atomic E-state index is 0.0143. The fourth-order valence-corrected chi connectivity index (χ4v) is 2.67. The normalized spacial score (nSPS) is 21.7. The van der Waals surface area contributed by atoms with E-state index in [0.717, 1.165) is 18.8 Å². The lowest BCUT2D eigenvalue weighted by molar-refractivity contribution is 0.0778. The van der Waals surface area contributed by atoms with E-state index in [1.807, 2.05) is 35.4 Å². The van der Waals surface area contributed by atoms with Gasteiger partial charge in [0.05, 0.1) is 5.69 Å². The van der Waals surface area contributed by atoms with Crippen molar-refractivity contribution >= 4 is 11.6 Å². The van der Waals surface area contributed by atoms with Crippen LogP contribution in [-0.4, -0.2) is 33.7 Å². The van der Waals surface area contributed by atoms with Crippen molar-refractivity contribution in [3.63, 3.8) is 0 Å². The summed E-state index contributed by atoms with van der Waals surface area (Å²) in [6, 6.07) is 9.18. The molecule has 2 aromatic rings. The topological polar surface area (TPSA) is 64.2 Å².